The summed E-state index contributed by atoms with van der Waals surface area (Å²) in [6.45, 7) is 7.23. The average molecular weight is 435 g/mol. The van der Waals surface area contributed by atoms with Gasteiger partial charge in [0.2, 0.25) is 5.91 Å². The van der Waals surface area contributed by atoms with E-state index >= 15 is 0 Å². The molecule has 0 saturated carbocycles. The Morgan fingerprint density at radius 1 is 1.06 bits per heavy atom. The van der Waals surface area contributed by atoms with Crippen LogP contribution in [0.1, 0.15) is 35.3 Å². The number of rotatable bonds is 5. The maximum Gasteiger partial charge on any atom is 0.347 e. The molecule has 4 heterocycles. The predicted octanol–water partition coefficient (Wildman–Crippen LogP) is 2.01. The Hall–Kier alpha value is -3.46. The molecular weight excluding hydrogens is 408 g/mol. The second kappa shape index (κ2) is 9.35. The van der Waals surface area contributed by atoms with Crippen LogP contribution in [0.4, 0.5) is 0 Å². The zero-order chi connectivity index (χ0) is 22.7. The van der Waals surface area contributed by atoms with Crippen molar-refractivity contribution in [3.05, 3.63) is 70.2 Å². The van der Waals surface area contributed by atoms with Crippen molar-refractivity contribution in [3.63, 3.8) is 0 Å². The summed E-state index contributed by atoms with van der Waals surface area (Å²) in [5.41, 5.74) is 4.65. The summed E-state index contributed by atoms with van der Waals surface area (Å²) in [4.78, 5) is 43.6. The first kappa shape index (κ1) is 21.8. The fourth-order valence-electron chi connectivity index (χ4n) is 3.94. The Bertz CT molecular complexity index is 1180. The fraction of sp³-hybridized carbons (Fsp3) is 0.391. The fourth-order valence-corrected chi connectivity index (χ4v) is 3.94. The molecule has 4 rings (SSSR count). The second-order valence-corrected chi connectivity index (χ2v) is 7.97. The normalized spacial score (nSPS) is 16.2. The molecule has 0 N–H and O–H groups in total. The molecule has 0 bridgehead atoms. The third-order valence-corrected chi connectivity index (χ3v) is 5.51. The molecule has 1 aliphatic heterocycles. The number of ether oxygens (including phenoxy) is 1. The summed E-state index contributed by atoms with van der Waals surface area (Å²) in [5, 5.41) is 0. The summed E-state index contributed by atoms with van der Waals surface area (Å²) in [6, 6.07) is 5.78. The van der Waals surface area contributed by atoms with E-state index in [4.69, 9.17) is 4.74 Å². The molecule has 1 atom stereocenters. The van der Waals surface area contributed by atoms with Crippen LogP contribution in [0.5, 0.6) is 0 Å². The first-order chi connectivity index (χ1) is 15.4. The lowest BCUT2D eigenvalue weighted by molar-refractivity contribution is -0.139. The molecule has 0 spiro atoms. The molecule has 1 aliphatic rings. The van der Waals surface area contributed by atoms with Crippen molar-refractivity contribution in [1.29, 1.82) is 0 Å². The van der Waals surface area contributed by atoms with Gasteiger partial charge >= 0.3 is 5.69 Å². The van der Waals surface area contributed by atoms with E-state index < -0.39 is 0 Å². The van der Waals surface area contributed by atoms with Crippen LogP contribution in [0.2, 0.25) is 0 Å². The highest BCUT2D eigenvalue weighted by molar-refractivity contribution is 5.76. The van der Waals surface area contributed by atoms with E-state index in [0.29, 0.717) is 31.9 Å². The van der Waals surface area contributed by atoms with Crippen LogP contribution < -0.4 is 5.69 Å². The van der Waals surface area contributed by atoms with Crippen molar-refractivity contribution in [1.82, 2.24) is 29.4 Å². The monoisotopic (exact) mass is 434 g/mol. The van der Waals surface area contributed by atoms with E-state index in [9.17, 15) is 9.59 Å². The number of morpholine rings is 1. The maximum atomic E-state index is 12.9. The predicted molar refractivity (Wildman–Crippen MR) is 118 cm³/mol. The lowest BCUT2D eigenvalue weighted by Crippen LogP contribution is -2.43. The molecule has 1 amide bonds. The van der Waals surface area contributed by atoms with Crippen molar-refractivity contribution >= 4 is 5.91 Å². The molecule has 32 heavy (non-hydrogen) atoms. The summed E-state index contributed by atoms with van der Waals surface area (Å²) >= 11 is 0. The number of amides is 1. The summed E-state index contributed by atoms with van der Waals surface area (Å²) in [6.07, 6.45) is 4.92. The van der Waals surface area contributed by atoms with Crippen LogP contribution in [0.3, 0.4) is 0 Å². The number of pyridine rings is 1. The number of carbonyl (C=O) groups is 1. The zero-order valence-electron chi connectivity index (χ0n) is 18.5. The average Bonchev–Trinajstić information content (AvgIpc) is 2.78. The third kappa shape index (κ3) is 4.88. The van der Waals surface area contributed by atoms with Crippen LogP contribution >= 0.6 is 0 Å². The highest BCUT2D eigenvalue weighted by Crippen LogP contribution is 2.26. The van der Waals surface area contributed by atoms with Crippen molar-refractivity contribution in [2.24, 2.45) is 0 Å². The van der Waals surface area contributed by atoms with E-state index in [1.165, 1.54) is 6.33 Å². The molecule has 1 saturated heterocycles. The van der Waals surface area contributed by atoms with Gasteiger partial charge in [0, 0.05) is 54.5 Å². The van der Waals surface area contributed by atoms with E-state index in [0.717, 1.165) is 28.2 Å². The van der Waals surface area contributed by atoms with Crippen LogP contribution in [0, 0.1) is 20.8 Å². The Balaban J connectivity index is 1.46. The van der Waals surface area contributed by atoms with Crippen LogP contribution in [-0.2, 0) is 16.1 Å². The Labute approximate surface area is 186 Å². The lowest BCUT2D eigenvalue weighted by atomic mass is 10.1. The number of hydrogen-bond acceptors (Lipinski definition) is 7. The van der Waals surface area contributed by atoms with Crippen molar-refractivity contribution in [3.8, 4) is 11.1 Å². The van der Waals surface area contributed by atoms with Gasteiger partial charge in [-0.3, -0.25) is 14.3 Å². The van der Waals surface area contributed by atoms with Gasteiger partial charge in [0.1, 0.15) is 12.4 Å². The molecular formula is C23H26N6O3. The minimum atomic E-state index is -0.323. The van der Waals surface area contributed by atoms with Gasteiger partial charge in [0.15, 0.2) is 0 Å². The third-order valence-electron chi connectivity index (χ3n) is 5.51. The Morgan fingerprint density at radius 3 is 2.56 bits per heavy atom. The van der Waals surface area contributed by atoms with E-state index in [-0.39, 0.29) is 24.1 Å². The second-order valence-electron chi connectivity index (χ2n) is 7.97. The number of aryl methyl sites for hydroxylation is 3. The largest absolute Gasteiger partial charge is 0.368 e. The first-order valence-electron chi connectivity index (χ1n) is 10.6. The molecule has 0 unspecified atom stereocenters. The van der Waals surface area contributed by atoms with E-state index in [2.05, 4.69) is 19.9 Å². The summed E-state index contributed by atoms with van der Waals surface area (Å²) in [5.74, 6) is -0.0190. The van der Waals surface area contributed by atoms with Gasteiger partial charge in [-0.05, 0) is 44.5 Å². The van der Waals surface area contributed by atoms with E-state index in [1.54, 1.807) is 28.8 Å². The van der Waals surface area contributed by atoms with Crippen molar-refractivity contribution < 1.29 is 9.53 Å². The standard InChI is InChI=1S/C23H26N6O3/c1-15-8-17(3)29(23(31)27-15)5-4-22(30)28-6-7-32-21(13-28)20-10-18(9-16(2)26-20)19-11-24-14-25-12-19/h8-12,14,21H,4-7,13H2,1-3H3/t21-/m1/s1. The topological polar surface area (TPSA) is 103 Å². The van der Waals surface area contributed by atoms with Gasteiger partial charge in [-0.15, -0.1) is 0 Å². The van der Waals surface area contributed by atoms with Gasteiger partial charge < -0.3 is 9.64 Å². The number of aromatic nitrogens is 5. The maximum absolute atomic E-state index is 12.9. The molecule has 166 valence electrons. The minimum Gasteiger partial charge on any atom is -0.368 e. The van der Waals surface area contributed by atoms with Crippen LogP contribution in [0.25, 0.3) is 11.1 Å². The van der Waals surface area contributed by atoms with Gasteiger partial charge in [-0.25, -0.2) is 14.8 Å². The van der Waals surface area contributed by atoms with Crippen LogP contribution in [0.15, 0.2) is 41.7 Å². The molecule has 9 heteroatoms. The highest BCUT2D eigenvalue weighted by atomic mass is 16.5. The smallest absolute Gasteiger partial charge is 0.347 e. The SMILES string of the molecule is Cc1cc(-c2cncnc2)cc([C@H]2CN(C(=O)CCn3c(C)cc(C)nc3=O)CCO2)n1. The lowest BCUT2D eigenvalue weighted by Gasteiger charge is -2.33. The number of hydrogen-bond donors (Lipinski definition) is 0. The molecule has 1 fully saturated rings. The van der Waals surface area contributed by atoms with Crippen molar-refractivity contribution in [2.45, 2.75) is 39.8 Å². The van der Waals surface area contributed by atoms with Crippen molar-refractivity contribution in [2.75, 3.05) is 19.7 Å². The minimum absolute atomic E-state index is 0.0190. The Morgan fingerprint density at radius 2 is 1.81 bits per heavy atom. The molecule has 0 aromatic carbocycles. The first-order valence-corrected chi connectivity index (χ1v) is 10.6. The quantitative estimate of drug-likeness (QED) is 0.605. The van der Waals surface area contributed by atoms with Gasteiger partial charge in [-0.1, -0.05) is 0 Å². The van der Waals surface area contributed by atoms with E-state index in [1.807, 2.05) is 32.0 Å². The molecule has 3 aromatic heterocycles. The molecule has 9 nitrogen and oxygen atoms in total. The molecule has 0 radical (unpaired) electrons. The molecule has 3 aromatic rings. The Kier molecular flexibility index (Phi) is 6.36. The van der Waals surface area contributed by atoms with Gasteiger partial charge in [0.05, 0.1) is 18.8 Å². The summed E-state index contributed by atoms with van der Waals surface area (Å²) < 4.78 is 7.49. The molecule has 0 aliphatic carbocycles. The van der Waals surface area contributed by atoms with Gasteiger partial charge in [-0.2, -0.15) is 4.98 Å². The van der Waals surface area contributed by atoms with Gasteiger partial charge in [0.25, 0.3) is 0 Å². The highest BCUT2D eigenvalue weighted by Gasteiger charge is 2.27. The zero-order valence-corrected chi connectivity index (χ0v) is 18.5. The van der Waals surface area contributed by atoms with Crippen LogP contribution in [-0.4, -0.2) is 55.0 Å². The number of carbonyl (C=O) groups excluding carboxylic acids is 1. The number of nitrogens with zero attached hydrogens (tertiary/aromatic N) is 6. The summed E-state index contributed by atoms with van der Waals surface area (Å²) in [7, 11) is 0.